The largest absolute Gasteiger partial charge is 0.454 e. The van der Waals surface area contributed by atoms with Crippen LogP contribution in [0, 0.1) is 18.3 Å². The first kappa shape index (κ1) is 21.6. The summed E-state index contributed by atoms with van der Waals surface area (Å²) in [5.41, 5.74) is 0.626. The maximum atomic E-state index is 12.2. The Morgan fingerprint density at radius 2 is 2.11 bits per heavy atom. The number of carbonyl (C=O) groups excluding carboxylic acids is 2. The van der Waals surface area contributed by atoms with Crippen molar-refractivity contribution in [2.75, 3.05) is 20.8 Å². The fourth-order valence-electron chi connectivity index (χ4n) is 2.10. The number of aromatic nitrogens is 1. The molecule has 0 aliphatic rings. The van der Waals surface area contributed by atoms with Crippen molar-refractivity contribution in [1.82, 2.24) is 9.45 Å². The van der Waals surface area contributed by atoms with Gasteiger partial charge in [0.05, 0.1) is 23.6 Å². The van der Waals surface area contributed by atoms with Crippen LogP contribution in [0.3, 0.4) is 0 Å². The number of Topliss-reactive ketones (excluding diaryl/α,β-unsaturated/α-hetero) is 1. The molecule has 1 heterocycles. The Bertz CT molecular complexity index is 1030. The maximum absolute atomic E-state index is 12.2. The molecule has 2 rings (SSSR count). The van der Waals surface area contributed by atoms with Gasteiger partial charge in [-0.1, -0.05) is 10.5 Å². The summed E-state index contributed by atoms with van der Waals surface area (Å²) >= 11 is 1.17. The van der Waals surface area contributed by atoms with Crippen molar-refractivity contribution in [3.63, 3.8) is 0 Å². The van der Waals surface area contributed by atoms with Crippen molar-refractivity contribution >= 4 is 33.1 Å². The zero-order valence-corrected chi connectivity index (χ0v) is 16.9. The van der Waals surface area contributed by atoms with Gasteiger partial charge in [-0.2, -0.15) is 5.26 Å². The number of esters is 1. The molecule has 0 aliphatic heterocycles. The predicted octanol–water partition coefficient (Wildman–Crippen LogP) is 1.67. The lowest BCUT2D eigenvalue weighted by Gasteiger charge is -2.14. The van der Waals surface area contributed by atoms with E-state index in [4.69, 9.17) is 4.74 Å². The highest BCUT2D eigenvalue weighted by molar-refractivity contribution is 7.89. The molecule has 148 valence electrons. The predicted molar refractivity (Wildman–Crippen MR) is 98.9 cm³/mol. The average Bonchev–Trinajstić information content (AvgIpc) is 3.11. The van der Waals surface area contributed by atoms with E-state index in [1.165, 1.54) is 43.7 Å². The second-order valence-corrected chi connectivity index (χ2v) is 8.38. The molecular formula is C17H17N3O6S2. The lowest BCUT2D eigenvalue weighted by atomic mass is 10.1. The van der Waals surface area contributed by atoms with Gasteiger partial charge in [0.2, 0.25) is 0 Å². The Kier molecular flexibility index (Phi) is 6.98. The summed E-state index contributed by atoms with van der Waals surface area (Å²) in [5, 5.41) is 11.3. The molecular weight excluding hydrogens is 406 g/mol. The number of rotatable bonds is 8. The molecule has 0 aliphatic carbocycles. The lowest BCUT2D eigenvalue weighted by Crippen LogP contribution is -2.26. The number of ketones is 1. The number of carbonyl (C=O) groups is 2. The van der Waals surface area contributed by atoms with Crippen LogP contribution in [-0.2, 0) is 24.4 Å². The van der Waals surface area contributed by atoms with Crippen LogP contribution in [0.4, 0.5) is 0 Å². The molecule has 28 heavy (non-hydrogen) atoms. The average molecular weight is 423 g/mol. The van der Waals surface area contributed by atoms with E-state index in [2.05, 4.69) is 9.82 Å². The SMILES string of the molecule is CON(C)S(=O)(=O)c1cccc(C(=O)OCC(=O)C(C#N)c2nc(C)cs2)c1. The van der Waals surface area contributed by atoms with Gasteiger partial charge < -0.3 is 4.74 Å². The Morgan fingerprint density at radius 1 is 1.39 bits per heavy atom. The molecule has 11 heteroatoms. The Hall–Kier alpha value is -2.65. The van der Waals surface area contributed by atoms with Crippen LogP contribution in [0.1, 0.15) is 27.0 Å². The summed E-state index contributed by atoms with van der Waals surface area (Å²) in [7, 11) is -1.54. The third-order valence-electron chi connectivity index (χ3n) is 3.64. The van der Waals surface area contributed by atoms with Gasteiger partial charge in [0.25, 0.3) is 10.0 Å². The molecule has 0 spiro atoms. The van der Waals surface area contributed by atoms with Gasteiger partial charge in [-0.05, 0) is 25.1 Å². The number of thiazole rings is 1. The lowest BCUT2D eigenvalue weighted by molar-refractivity contribution is -0.122. The van der Waals surface area contributed by atoms with Gasteiger partial charge in [-0.25, -0.2) is 18.2 Å². The number of hydroxylamine groups is 1. The second kappa shape index (κ2) is 9.03. The molecule has 0 radical (unpaired) electrons. The highest BCUT2D eigenvalue weighted by Crippen LogP contribution is 2.21. The zero-order valence-electron chi connectivity index (χ0n) is 15.3. The number of ether oxygens (including phenoxy) is 1. The molecule has 1 unspecified atom stereocenters. The van der Waals surface area contributed by atoms with E-state index in [1.54, 1.807) is 12.3 Å². The summed E-state index contributed by atoms with van der Waals surface area (Å²) in [6, 6.07) is 6.98. The van der Waals surface area contributed by atoms with Crippen LogP contribution in [0.25, 0.3) is 0 Å². The standard InChI is InChI=1S/C17H17N3O6S2/c1-11-10-27-16(19-11)14(8-18)15(21)9-26-17(22)12-5-4-6-13(7-12)28(23,24)20(2)25-3/h4-7,10,14H,9H2,1-3H3. The van der Waals surface area contributed by atoms with Crippen LogP contribution in [-0.4, -0.2) is 50.4 Å². The number of benzene rings is 1. The topological polar surface area (TPSA) is 127 Å². The van der Waals surface area contributed by atoms with E-state index < -0.39 is 34.3 Å². The maximum Gasteiger partial charge on any atom is 0.338 e. The van der Waals surface area contributed by atoms with Crippen LogP contribution >= 0.6 is 11.3 Å². The van der Waals surface area contributed by atoms with E-state index in [0.29, 0.717) is 15.2 Å². The van der Waals surface area contributed by atoms with E-state index >= 15 is 0 Å². The molecule has 0 amide bonds. The van der Waals surface area contributed by atoms with Gasteiger partial charge in [0.15, 0.2) is 18.3 Å². The van der Waals surface area contributed by atoms with Crippen molar-refractivity contribution in [2.45, 2.75) is 17.7 Å². The molecule has 1 aromatic carbocycles. The third kappa shape index (κ3) is 4.79. The molecule has 0 fully saturated rings. The fourth-order valence-corrected chi connectivity index (χ4v) is 3.98. The molecule has 1 aromatic heterocycles. The second-order valence-electron chi connectivity index (χ2n) is 5.56. The van der Waals surface area contributed by atoms with Crippen LogP contribution < -0.4 is 0 Å². The Balaban J connectivity index is 2.10. The Labute approximate surface area is 166 Å². The molecule has 0 saturated carbocycles. The normalized spacial score (nSPS) is 12.4. The molecule has 0 N–H and O–H groups in total. The number of nitrogens with zero attached hydrogens (tertiary/aromatic N) is 3. The summed E-state index contributed by atoms with van der Waals surface area (Å²) in [6.45, 7) is 1.10. The minimum atomic E-state index is -3.94. The molecule has 0 bridgehead atoms. The molecule has 2 aromatic rings. The number of sulfonamides is 1. The van der Waals surface area contributed by atoms with Crippen LogP contribution in [0.5, 0.6) is 0 Å². The van der Waals surface area contributed by atoms with E-state index in [-0.39, 0.29) is 10.5 Å². The molecule has 9 nitrogen and oxygen atoms in total. The van der Waals surface area contributed by atoms with Crippen molar-refractivity contribution in [1.29, 1.82) is 5.26 Å². The number of hydrogen-bond donors (Lipinski definition) is 0. The first-order valence-electron chi connectivity index (χ1n) is 7.85. The quantitative estimate of drug-likeness (QED) is 0.463. The monoisotopic (exact) mass is 423 g/mol. The minimum absolute atomic E-state index is 0.0584. The van der Waals surface area contributed by atoms with Gasteiger partial charge >= 0.3 is 5.97 Å². The van der Waals surface area contributed by atoms with E-state index in [9.17, 15) is 23.3 Å². The number of aryl methyl sites for hydroxylation is 1. The number of hydrogen-bond acceptors (Lipinski definition) is 9. The summed E-state index contributed by atoms with van der Waals surface area (Å²) in [6.07, 6.45) is 0. The van der Waals surface area contributed by atoms with Gasteiger partial charge in [0.1, 0.15) is 5.01 Å². The van der Waals surface area contributed by atoms with E-state index in [1.807, 2.05) is 6.07 Å². The van der Waals surface area contributed by atoms with Crippen molar-refractivity contribution < 1.29 is 27.6 Å². The van der Waals surface area contributed by atoms with Gasteiger partial charge in [0, 0.05) is 18.1 Å². The highest BCUT2D eigenvalue weighted by atomic mass is 32.2. The zero-order chi connectivity index (χ0) is 20.9. The Morgan fingerprint density at radius 3 is 2.68 bits per heavy atom. The van der Waals surface area contributed by atoms with E-state index in [0.717, 1.165) is 6.07 Å². The van der Waals surface area contributed by atoms with Crippen molar-refractivity contribution in [3.05, 3.63) is 45.9 Å². The van der Waals surface area contributed by atoms with Crippen LogP contribution in [0.15, 0.2) is 34.5 Å². The summed E-state index contributed by atoms with van der Waals surface area (Å²) in [4.78, 5) is 33.0. The summed E-state index contributed by atoms with van der Waals surface area (Å²) < 4.78 is 30.1. The smallest absolute Gasteiger partial charge is 0.338 e. The minimum Gasteiger partial charge on any atom is -0.454 e. The first-order chi connectivity index (χ1) is 13.2. The highest BCUT2D eigenvalue weighted by Gasteiger charge is 2.26. The third-order valence-corrected chi connectivity index (χ3v) is 6.35. The van der Waals surface area contributed by atoms with Crippen molar-refractivity contribution in [2.24, 2.45) is 0 Å². The molecule has 1 atom stereocenters. The number of nitriles is 1. The van der Waals surface area contributed by atoms with Crippen LogP contribution in [0.2, 0.25) is 0 Å². The first-order valence-corrected chi connectivity index (χ1v) is 10.2. The summed E-state index contributed by atoms with van der Waals surface area (Å²) in [5.74, 6) is -2.64. The van der Waals surface area contributed by atoms with Gasteiger partial charge in [-0.15, -0.1) is 11.3 Å². The molecule has 0 saturated heterocycles. The van der Waals surface area contributed by atoms with Gasteiger partial charge in [-0.3, -0.25) is 9.63 Å². The van der Waals surface area contributed by atoms with Crippen molar-refractivity contribution in [3.8, 4) is 6.07 Å². The fraction of sp³-hybridized carbons (Fsp3) is 0.294.